The maximum absolute atomic E-state index is 14.0. The molecule has 0 aromatic carbocycles. The molecule has 0 fully saturated rings. The van der Waals surface area contributed by atoms with Crippen LogP contribution >= 0.6 is 24.4 Å². The van der Waals surface area contributed by atoms with Crippen LogP contribution in [-0.4, -0.2) is 130 Å². The molecule has 0 radical (unpaired) electrons. The minimum Gasteiger partial charge on any atom is -0.467 e. The number of fused-ring (bicyclic) bond motifs is 4. The van der Waals surface area contributed by atoms with Crippen molar-refractivity contribution in [2.24, 2.45) is 64.7 Å². The molecule has 0 aromatic heterocycles. The highest BCUT2D eigenvalue weighted by Gasteiger charge is 2.37. The van der Waals surface area contributed by atoms with Crippen LogP contribution in [0, 0.1) is 53.3 Å². The van der Waals surface area contributed by atoms with Crippen LogP contribution in [0.1, 0.15) is 150 Å². The summed E-state index contributed by atoms with van der Waals surface area (Å²) in [4.78, 5) is 148. The van der Waals surface area contributed by atoms with Crippen molar-refractivity contribution in [3.63, 3.8) is 0 Å². The van der Waals surface area contributed by atoms with E-state index in [0.717, 1.165) is 17.3 Å². The number of nitrogens with one attached hydrogen (secondary N) is 3. The number of esters is 1. The number of amides is 5. The standard InChI is InChI=1S/C35H49N3O9S.C29H40N2O6.C7H12O2S/c1-17-13-20(4)28(40)21(5)15-22(6)31(47-35(36)45)18(2)11-10-12-19(3)33(43)38-27-30(42)25(14-17)23(7)29(41)32(27)48-16-26(34(44)46-9)37-24(8)39;1-15-11-18(4)25(33)19(5)13-20(6)27(37-29(30)36)16(2)9-8-10-17(3)28(35)31-23-14-24(32)21(7)22(12-15)26(23)34;1-5(8)3-7(4-10)6(2)9/h10-12,15,17-18,20-21,26,28,31,40H,13-14,16H2,1-9H3,(H2,36,45)(H,37,39)(H,38,43);8-10,13-16,18-19,25,27,33H,11-12H2,1-7H3,(H2,30,36)(H,31,35);7,10H,3-4H2,1-2H3/b11-10-,19-12+,22-15+;9-8-,17-10+,20-13+;/t17-,18-,20-,21-,26-,28-,31+;15-,16-,18-,19-,25-,27+;7-/m000/s1. The molecule has 5 amide bonds. The van der Waals surface area contributed by atoms with E-state index >= 15 is 0 Å². The third-order valence-corrected chi connectivity index (χ3v) is 18.6. The lowest BCUT2D eigenvalue weighted by Crippen LogP contribution is -2.42. The third-order valence-electron chi connectivity index (χ3n) is 16.9. The van der Waals surface area contributed by atoms with E-state index in [1.54, 1.807) is 58.1 Å². The van der Waals surface area contributed by atoms with E-state index in [2.05, 4.69) is 28.6 Å². The number of carbonyl (C=O) groups excluding carboxylic acids is 12. The van der Waals surface area contributed by atoms with Crippen LogP contribution in [0.4, 0.5) is 9.59 Å². The van der Waals surface area contributed by atoms with E-state index in [-0.39, 0.29) is 122 Å². The zero-order valence-corrected chi connectivity index (χ0v) is 60.0. The van der Waals surface area contributed by atoms with Gasteiger partial charge in [0.1, 0.15) is 35.5 Å². The van der Waals surface area contributed by atoms with Gasteiger partial charge in [-0.3, -0.25) is 38.4 Å². The van der Waals surface area contributed by atoms with E-state index in [9.17, 15) is 67.7 Å². The number of primary amides is 2. The maximum Gasteiger partial charge on any atom is 0.405 e. The number of carbonyl (C=O) groups is 12. The van der Waals surface area contributed by atoms with E-state index in [1.807, 2.05) is 74.5 Å². The second-order valence-corrected chi connectivity index (χ2v) is 27.1. The lowest BCUT2D eigenvalue weighted by Gasteiger charge is -2.29. The average molecular weight is 1360 g/mol. The van der Waals surface area contributed by atoms with E-state index in [4.69, 9.17) is 25.7 Å². The average Bonchev–Trinajstić information content (AvgIpc) is 0.911. The first-order valence-electron chi connectivity index (χ1n) is 31.8. The molecule has 22 nitrogen and oxygen atoms in total. The topological polar surface area (TPSA) is 361 Å². The van der Waals surface area contributed by atoms with Gasteiger partial charge in [0.05, 0.1) is 29.9 Å². The number of hydrogen-bond donors (Lipinski definition) is 8. The third kappa shape index (κ3) is 26.2. The van der Waals surface area contributed by atoms with Gasteiger partial charge in [-0.05, 0) is 116 Å². The molecule has 4 bridgehead atoms. The highest BCUT2D eigenvalue weighted by molar-refractivity contribution is 8.04. The van der Waals surface area contributed by atoms with Gasteiger partial charge in [-0.15, -0.1) is 11.8 Å². The van der Waals surface area contributed by atoms with Crippen LogP contribution in [0.5, 0.6) is 0 Å². The molecule has 4 aliphatic rings. The van der Waals surface area contributed by atoms with Crippen LogP contribution in [0.25, 0.3) is 0 Å². The van der Waals surface area contributed by atoms with Crippen LogP contribution in [-0.2, 0) is 62.2 Å². The Balaban J connectivity index is 0.000000577. The predicted octanol–water partition coefficient (Wildman–Crippen LogP) is 8.97. The normalized spacial score (nSPS) is 29.9. The molecule has 0 spiro atoms. The number of rotatable bonds is 11. The van der Waals surface area contributed by atoms with Crippen LogP contribution in [0.3, 0.4) is 0 Å². The second kappa shape index (κ2) is 39.5. The van der Waals surface area contributed by atoms with Gasteiger partial charge in [-0.1, -0.05) is 104 Å². The Morgan fingerprint density at radius 3 is 1.48 bits per heavy atom. The maximum atomic E-state index is 14.0. The van der Waals surface area contributed by atoms with Crippen molar-refractivity contribution in [3.05, 3.63) is 116 Å². The summed E-state index contributed by atoms with van der Waals surface area (Å²) in [6.07, 6.45) is 12.2. The summed E-state index contributed by atoms with van der Waals surface area (Å²) in [6, 6.07) is -1.11. The molecular formula is C71H101N5O17S2. The molecule has 2 aliphatic heterocycles. The summed E-state index contributed by atoms with van der Waals surface area (Å²) in [5.41, 5.74) is 13.7. The molecule has 524 valence electrons. The molecule has 0 aromatic rings. The highest BCUT2D eigenvalue weighted by atomic mass is 32.2. The number of thioether (sulfide) groups is 1. The summed E-state index contributed by atoms with van der Waals surface area (Å²) in [5, 5.41) is 30.0. The quantitative estimate of drug-likeness (QED) is 0.0314. The predicted molar refractivity (Wildman–Crippen MR) is 368 cm³/mol. The Hall–Kier alpha value is -7.54. The van der Waals surface area contributed by atoms with Gasteiger partial charge in [0.15, 0.2) is 11.6 Å². The number of aliphatic hydroxyl groups is 2. The van der Waals surface area contributed by atoms with Crippen LogP contribution in [0.15, 0.2) is 116 Å². The first-order valence-corrected chi connectivity index (χ1v) is 33.4. The largest absolute Gasteiger partial charge is 0.467 e. The Kier molecular flexibility index (Phi) is 34.7. The minimum atomic E-state index is -1.11. The van der Waals surface area contributed by atoms with Gasteiger partial charge in [-0.2, -0.15) is 12.6 Å². The van der Waals surface area contributed by atoms with Gasteiger partial charge in [-0.25, -0.2) is 14.4 Å². The Morgan fingerprint density at radius 1 is 0.653 bits per heavy atom. The number of nitrogens with two attached hydrogens (primary N) is 2. The van der Waals surface area contributed by atoms with E-state index < -0.39 is 77.9 Å². The number of Topliss-reactive ketones (excluding diaryl/α,β-unsaturated/α-hetero) is 5. The fraction of sp³-hybridized carbons (Fsp3) is 0.549. The lowest BCUT2D eigenvalue weighted by atomic mass is 9.81. The number of thiol groups is 1. The Bertz CT molecular complexity index is 3250. The monoisotopic (exact) mass is 1360 g/mol. The Morgan fingerprint density at radius 2 is 1.09 bits per heavy atom. The number of ether oxygens (including phenoxy) is 3. The van der Waals surface area contributed by atoms with Crippen molar-refractivity contribution < 1.29 is 82.0 Å². The summed E-state index contributed by atoms with van der Waals surface area (Å²) in [7, 11) is 1.17. The molecule has 0 unspecified atom stereocenters. The van der Waals surface area contributed by atoms with Gasteiger partial charge >= 0.3 is 18.2 Å². The van der Waals surface area contributed by atoms with Crippen molar-refractivity contribution in [1.82, 2.24) is 16.0 Å². The van der Waals surface area contributed by atoms with Gasteiger partial charge in [0.2, 0.25) is 17.5 Å². The summed E-state index contributed by atoms with van der Waals surface area (Å²) >= 11 is 4.82. The molecule has 9 N–H and O–H groups in total. The molecule has 14 atom stereocenters. The zero-order valence-electron chi connectivity index (χ0n) is 58.3. The highest BCUT2D eigenvalue weighted by Crippen LogP contribution is 2.37. The first-order chi connectivity index (χ1) is 44.2. The van der Waals surface area contributed by atoms with Crippen molar-refractivity contribution in [2.75, 3.05) is 18.6 Å². The smallest absolute Gasteiger partial charge is 0.405 e. The van der Waals surface area contributed by atoms with Gasteiger partial charge < -0.3 is 56.6 Å². The number of allylic oxidation sites excluding steroid dienone is 10. The first kappa shape index (κ1) is 83.5. The molecular weight excluding hydrogens is 1260 g/mol. The molecule has 24 heteroatoms. The summed E-state index contributed by atoms with van der Waals surface area (Å²) < 4.78 is 15.6. The summed E-state index contributed by atoms with van der Waals surface area (Å²) in [6.45, 7) is 29.3. The molecule has 2 aliphatic carbocycles. The fourth-order valence-corrected chi connectivity index (χ4v) is 13.1. The van der Waals surface area contributed by atoms with Crippen molar-refractivity contribution in [2.45, 2.75) is 180 Å². The van der Waals surface area contributed by atoms with Crippen LogP contribution < -0.4 is 27.4 Å². The number of hydrogen-bond acceptors (Lipinski definition) is 19. The lowest BCUT2D eigenvalue weighted by molar-refractivity contribution is -0.144. The molecule has 95 heavy (non-hydrogen) atoms. The Labute approximate surface area is 569 Å². The van der Waals surface area contributed by atoms with Gasteiger partial charge in [0, 0.05) is 94.0 Å². The number of ketones is 6. The SMILES string of the molecule is CC(=O)C[C@@H](CS)C(C)=O.CC1=C2C[C@@H](C)C[C@H](C)[C@H](O)[C@@H](C)/C=C(\C)[C@H](OC(N)=O)[C@@H](C)/C=C\C=C(/C)C(=O)NC(=CC1=O)C2=O.COC(=O)[C@H](CSC1=C2NC(=O)/C(C)=C/C=C\[C@H](C)[C@@H](OC(N)=O)/C(C)=C/[C@H](C)[C@@H](O)[C@@H](C)C[C@H](C)CC(=C(C)C1=O)C2=O)NC(C)=O. The minimum absolute atomic E-state index is 0.00226. The summed E-state index contributed by atoms with van der Waals surface area (Å²) in [5.74, 6) is -5.43. The van der Waals surface area contributed by atoms with Crippen molar-refractivity contribution in [3.8, 4) is 0 Å². The van der Waals surface area contributed by atoms with E-state index in [1.165, 1.54) is 47.0 Å². The number of aliphatic hydroxyl groups excluding tert-OH is 2. The second-order valence-electron chi connectivity index (χ2n) is 25.7. The molecule has 2 heterocycles. The molecule has 4 rings (SSSR count). The van der Waals surface area contributed by atoms with Crippen molar-refractivity contribution >= 4 is 95.0 Å². The van der Waals surface area contributed by atoms with Gasteiger partial charge in [0.25, 0.3) is 11.8 Å². The zero-order chi connectivity index (χ0) is 72.6. The van der Waals surface area contributed by atoms with E-state index in [0.29, 0.717) is 53.7 Å². The fourth-order valence-electron chi connectivity index (χ4n) is 11.6. The number of methoxy groups -OCH3 is 1. The van der Waals surface area contributed by atoms with Crippen molar-refractivity contribution in [1.29, 1.82) is 0 Å². The van der Waals surface area contributed by atoms with Crippen LogP contribution in [0.2, 0.25) is 0 Å². The molecule has 0 saturated carbocycles. The molecule has 0 saturated heterocycles.